The van der Waals surface area contributed by atoms with Gasteiger partial charge >= 0.3 is 6.18 Å². The molecule has 5 fully saturated rings. The van der Waals surface area contributed by atoms with E-state index in [1.165, 1.54) is 35.3 Å². The summed E-state index contributed by atoms with van der Waals surface area (Å²) in [5.74, 6) is 1.42. The normalized spacial score (nSPS) is 35.9. The number of hydrogen-bond donors (Lipinski definition) is 0. The maximum absolute atomic E-state index is 13.9. The fourth-order valence-corrected chi connectivity index (χ4v) is 7.68. The second-order valence-electron chi connectivity index (χ2n) is 10.9. The molecule has 1 aromatic rings. The monoisotopic (exact) mass is 434 g/mol. The van der Waals surface area contributed by atoms with Crippen LogP contribution in [-0.2, 0) is 10.2 Å². The molecule has 6 rings (SSSR count). The van der Waals surface area contributed by atoms with E-state index in [9.17, 15) is 18.0 Å². The lowest BCUT2D eigenvalue weighted by Gasteiger charge is -2.62. The lowest BCUT2D eigenvalue weighted by Crippen LogP contribution is -2.59. The highest BCUT2D eigenvalue weighted by Crippen LogP contribution is 2.66. The molecule has 0 radical (unpaired) electrons. The van der Waals surface area contributed by atoms with E-state index in [1.54, 1.807) is 0 Å². The molecule has 1 saturated heterocycles. The molecule has 2 unspecified atom stereocenters. The highest BCUT2D eigenvalue weighted by atomic mass is 19.4. The summed E-state index contributed by atoms with van der Waals surface area (Å²) in [4.78, 5) is 17.3. The highest BCUT2D eigenvalue weighted by molar-refractivity contribution is 5.83. The lowest BCUT2D eigenvalue weighted by molar-refractivity contribution is -0.160. The molecule has 4 bridgehead atoms. The minimum absolute atomic E-state index is 0.0988. The smallest absolute Gasteiger partial charge is 0.341 e. The van der Waals surface area contributed by atoms with Crippen LogP contribution in [0.25, 0.3) is 0 Å². The second-order valence-corrected chi connectivity index (χ2v) is 10.9. The Bertz CT molecular complexity index is 820. The Morgan fingerprint density at radius 1 is 1.00 bits per heavy atom. The van der Waals surface area contributed by atoms with E-state index in [0.29, 0.717) is 44.4 Å². The molecule has 31 heavy (non-hydrogen) atoms. The number of carbonyl (C=O) groups is 1. The maximum atomic E-state index is 13.9. The summed E-state index contributed by atoms with van der Waals surface area (Å²) in [5, 5.41) is 0. The fraction of sp³-hybridized carbons (Fsp3) is 0.720. The number of benzene rings is 1. The van der Waals surface area contributed by atoms with Crippen LogP contribution in [0.3, 0.4) is 0 Å². The average molecular weight is 435 g/mol. The van der Waals surface area contributed by atoms with Crippen LogP contribution in [0, 0.1) is 24.2 Å². The van der Waals surface area contributed by atoms with Crippen molar-refractivity contribution in [1.82, 2.24) is 9.80 Å². The van der Waals surface area contributed by atoms with Gasteiger partial charge in [0.05, 0.1) is 12.0 Å². The number of nitrogens with zero attached hydrogens (tertiary/aromatic N) is 2. The molecule has 1 aromatic carbocycles. The number of halogens is 3. The van der Waals surface area contributed by atoms with E-state index in [2.05, 4.69) is 31.2 Å². The van der Waals surface area contributed by atoms with Crippen LogP contribution >= 0.6 is 0 Å². The fourth-order valence-electron chi connectivity index (χ4n) is 7.68. The van der Waals surface area contributed by atoms with Crippen molar-refractivity contribution in [1.29, 1.82) is 0 Å². The standard InChI is InChI=1S/C25H33F3N2O/c1-18-3-5-21(6-4-18)23-12-19-11-20(13-23)15-24(14-19,16-23)22(31)30-8-2-7-29(9-10-30)17-25(26,27)28/h3-6,19-20H,2,7-17H2,1H3. The summed E-state index contributed by atoms with van der Waals surface area (Å²) in [5.41, 5.74) is 2.43. The predicted octanol–water partition coefficient (Wildman–Crippen LogP) is 4.93. The van der Waals surface area contributed by atoms with Gasteiger partial charge < -0.3 is 4.90 Å². The Morgan fingerprint density at radius 3 is 2.32 bits per heavy atom. The molecule has 1 aliphatic heterocycles. The Kier molecular flexibility index (Phi) is 5.15. The number of hydrogen-bond acceptors (Lipinski definition) is 2. The van der Waals surface area contributed by atoms with Crippen molar-refractivity contribution >= 4 is 5.91 Å². The zero-order valence-electron chi connectivity index (χ0n) is 18.4. The molecule has 170 valence electrons. The van der Waals surface area contributed by atoms with Gasteiger partial charge in [0.1, 0.15) is 0 Å². The number of rotatable bonds is 3. The zero-order chi connectivity index (χ0) is 21.9. The van der Waals surface area contributed by atoms with E-state index < -0.39 is 12.7 Å². The third-order valence-corrected chi connectivity index (χ3v) is 8.46. The third-order valence-electron chi connectivity index (χ3n) is 8.46. The molecule has 4 saturated carbocycles. The number of alkyl halides is 3. The van der Waals surface area contributed by atoms with Gasteiger partial charge in [0.2, 0.25) is 5.91 Å². The van der Waals surface area contributed by atoms with Crippen molar-refractivity contribution in [3.8, 4) is 0 Å². The van der Waals surface area contributed by atoms with E-state index >= 15 is 0 Å². The molecule has 2 atom stereocenters. The molecule has 3 nitrogen and oxygen atoms in total. The molecule has 0 aromatic heterocycles. The van der Waals surface area contributed by atoms with Gasteiger partial charge in [-0.1, -0.05) is 29.8 Å². The van der Waals surface area contributed by atoms with Crippen LogP contribution in [0.15, 0.2) is 24.3 Å². The minimum Gasteiger partial charge on any atom is -0.341 e. The van der Waals surface area contributed by atoms with Crippen LogP contribution < -0.4 is 0 Å². The van der Waals surface area contributed by atoms with Crippen molar-refractivity contribution in [3.05, 3.63) is 35.4 Å². The highest BCUT2D eigenvalue weighted by Gasteiger charge is 2.61. The van der Waals surface area contributed by atoms with Crippen molar-refractivity contribution in [2.24, 2.45) is 17.3 Å². The third kappa shape index (κ3) is 4.01. The van der Waals surface area contributed by atoms with Gasteiger partial charge in [0.15, 0.2) is 0 Å². The van der Waals surface area contributed by atoms with Crippen LogP contribution in [0.4, 0.5) is 13.2 Å². The molecule has 1 heterocycles. The zero-order valence-corrected chi connectivity index (χ0v) is 18.4. The first-order chi connectivity index (χ1) is 14.7. The van der Waals surface area contributed by atoms with Crippen molar-refractivity contribution in [3.63, 3.8) is 0 Å². The van der Waals surface area contributed by atoms with Crippen LogP contribution in [-0.4, -0.2) is 54.6 Å². The summed E-state index contributed by atoms with van der Waals surface area (Å²) >= 11 is 0. The van der Waals surface area contributed by atoms with E-state index in [-0.39, 0.29) is 16.7 Å². The number of aryl methyl sites for hydroxylation is 1. The summed E-state index contributed by atoms with van der Waals surface area (Å²) < 4.78 is 38.5. The van der Waals surface area contributed by atoms with Gasteiger partial charge in [-0.25, -0.2) is 0 Å². The van der Waals surface area contributed by atoms with Gasteiger partial charge in [-0.3, -0.25) is 9.69 Å². The van der Waals surface area contributed by atoms with Crippen molar-refractivity contribution < 1.29 is 18.0 Å². The average Bonchev–Trinajstić information content (AvgIpc) is 2.91. The van der Waals surface area contributed by atoms with Gasteiger partial charge in [-0.2, -0.15) is 13.2 Å². The topological polar surface area (TPSA) is 23.6 Å². The van der Waals surface area contributed by atoms with Crippen LogP contribution in [0.2, 0.25) is 0 Å². The van der Waals surface area contributed by atoms with E-state index in [4.69, 9.17) is 0 Å². The largest absolute Gasteiger partial charge is 0.401 e. The Morgan fingerprint density at radius 2 is 1.68 bits per heavy atom. The van der Waals surface area contributed by atoms with E-state index in [1.807, 2.05) is 4.90 Å². The van der Waals surface area contributed by atoms with Crippen molar-refractivity contribution in [2.75, 3.05) is 32.7 Å². The Hall–Kier alpha value is -1.56. The minimum atomic E-state index is -4.18. The Labute approximate surface area is 183 Å². The molecule has 4 aliphatic carbocycles. The molecular formula is C25H33F3N2O. The maximum Gasteiger partial charge on any atom is 0.401 e. The van der Waals surface area contributed by atoms with Crippen LogP contribution in [0.1, 0.15) is 56.1 Å². The predicted molar refractivity (Wildman–Crippen MR) is 114 cm³/mol. The second kappa shape index (κ2) is 7.50. The van der Waals surface area contributed by atoms with Gasteiger partial charge in [-0.05, 0) is 74.7 Å². The number of amides is 1. The van der Waals surface area contributed by atoms with E-state index in [0.717, 1.165) is 19.3 Å². The van der Waals surface area contributed by atoms with Gasteiger partial charge in [-0.15, -0.1) is 0 Å². The summed E-state index contributed by atoms with van der Waals surface area (Å²) in [6, 6.07) is 8.90. The molecule has 1 amide bonds. The number of carbonyl (C=O) groups excluding carboxylic acids is 1. The first kappa shape index (κ1) is 21.3. The molecule has 5 aliphatic rings. The van der Waals surface area contributed by atoms with Gasteiger partial charge in [0.25, 0.3) is 0 Å². The lowest BCUT2D eigenvalue weighted by atomic mass is 9.42. The summed E-state index contributed by atoms with van der Waals surface area (Å²) in [7, 11) is 0. The molecule has 0 spiro atoms. The first-order valence-corrected chi connectivity index (χ1v) is 11.8. The Balaban J connectivity index is 1.36. The molecule has 0 N–H and O–H groups in total. The quantitative estimate of drug-likeness (QED) is 0.674. The SMILES string of the molecule is Cc1ccc(C23CC4CC(CC(C(=O)N5CCCN(CC(F)(F)F)CC5)(C4)C2)C3)cc1. The summed E-state index contributed by atoms with van der Waals surface area (Å²) in [6.45, 7) is 2.97. The molecule has 6 heteroatoms. The molecular weight excluding hydrogens is 401 g/mol. The van der Waals surface area contributed by atoms with Crippen molar-refractivity contribution in [2.45, 2.75) is 63.5 Å². The van der Waals surface area contributed by atoms with Crippen LogP contribution in [0.5, 0.6) is 0 Å². The summed E-state index contributed by atoms with van der Waals surface area (Å²) in [6.07, 6.45) is 2.90. The first-order valence-electron chi connectivity index (χ1n) is 11.8. The van der Waals surface area contributed by atoms with Gasteiger partial charge in [0, 0.05) is 26.2 Å².